The van der Waals surface area contributed by atoms with E-state index in [1.807, 2.05) is 4.90 Å². The summed E-state index contributed by atoms with van der Waals surface area (Å²) in [5.74, 6) is 0.410. The standard InChI is InChI=1S/C22H20ClN3O6/c23-18-12-15(2-4-17(18)21-6-3-16(13-27)32-21)24-22(28)14-1-5-19(20(11-14)26(29)30)25-7-9-31-10-8-25/h1-6,11-12,27H,7-10,13H2,(H,24,28). The van der Waals surface area contributed by atoms with Gasteiger partial charge in [0.25, 0.3) is 11.6 Å². The lowest BCUT2D eigenvalue weighted by Crippen LogP contribution is -2.36. The smallest absolute Gasteiger partial charge is 0.293 e. The quantitative estimate of drug-likeness (QED) is 0.422. The van der Waals surface area contributed by atoms with E-state index in [-0.39, 0.29) is 17.9 Å². The van der Waals surface area contributed by atoms with Crippen LogP contribution in [0.4, 0.5) is 17.1 Å². The average molecular weight is 458 g/mol. The molecule has 0 spiro atoms. The summed E-state index contributed by atoms with van der Waals surface area (Å²) in [4.78, 5) is 25.7. The van der Waals surface area contributed by atoms with Gasteiger partial charge in [0.2, 0.25) is 0 Å². The predicted molar refractivity (Wildman–Crippen MR) is 119 cm³/mol. The summed E-state index contributed by atoms with van der Waals surface area (Å²) in [6, 6.07) is 12.7. The highest BCUT2D eigenvalue weighted by molar-refractivity contribution is 6.33. The van der Waals surface area contributed by atoms with Crippen molar-refractivity contribution in [2.75, 3.05) is 36.5 Å². The van der Waals surface area contributed by atoms with Crippen LogP contribution < -0.4 is 10.2 Å². The minimum absolute atomic E-state index is 0.134. The van der Waals surface area contributed by atoms with Gasteiger partial charge in [-0.25, -0.2) is 0 Å². The van der Waals surface area contributed by atoms with Crippen molar-refractivity contribution in [2.24, 2.45) is 0 Å². The number of anilines is 2. The highest BCUT2D eigenvalue weighted by Gasteiger charge is 2.23. The molecular formula is C22H20ClN3O6. The first-order chi connectivity index (χ1) is 15.5. The molecule has 1 aliphatic rings. The first-order valence-corrected chi connectivity index (χ1v) is 10.3. The number of nitro groups is 1. The molecule has 4 rings (SSSR count). The van der Waals surface area contributed by atoms with Crippen molar-refractivity contribution in [3.05, 3.63) is 75.0 Å². The molecule has 0 atom stereocenters. The van der Waals surface area contributed by atoms with Crippen LogP contribution in [0.25, 0.3) is 11.3 Å². The van der Waals surface area contributed by atoms with Crippen molar-refractivity contribution in [3.63, 3.8) is 0 Å². The largest absolute Gasteiger partial charge is 0.459 e. The van der Waals surface area contributed by atoms with Crippen LogP contribution in [0.1, 0.15) is 16.1 Å². The summed E-state index contributed by atoms with van der Waals surface area (Å²) in [5.41, 5.74) is 1.52. The maximum absolute atomic E-state index is 12.7. The van der Waals surface area contributed by atoms with Crippen LogP contribution in [0.15, 0.2) is 52.9 Å². The first kappa shape index (κ1) is 21.8. The van der Waals surface area contributed by atoms with Gasteiger partial charge in [0, 0.05) is 36.0 Å². The van der Waals surface area contributed by atoms with E-state index in [9.17, 15) is 14.9 Å². The Balaban J connectivity index is 1.54. The van der Waals surface area contributed by atoms with Crippen molar-refractivity contribution in [1.29, 1.82) is 0 Å². The van der Waals surface area contributed by atoms with Gasteiger partial charge >= 0.3 is 0 Å². The molecule has 2 aromatic carbocycles. The van der Waals surface area contributed by atoms with Crippen molar-refractivity contribution >= 4 is 34.6 Å². The van der Waals surface area contributed by atoms with Gasteiger partial charge in [0.05, 0.1) is 23.2 Å². The summed E-state index contributed by atoms with van der Waals surface area (Å²) in [5, 5.41) is 23.8. The molecule has 0 unspecified atom stereocenters. The van der Waals surface area contributed by atoms with E-state index in [0.717, 1.165) is 0 Å². The topological polar surface area (TPSA) is 118 Å². The number of hydrogen-bond acceptors (Lipinski definition) is 7. The van der Waals surface area contributed by atoms with Gasteiger partial charge in [0.1, 0.15) is 23.8 Å². The number of ether oxygens (including phenoxy) is 1. The van der Waals surface area contributed by atoms with Crippen LogP contribution >= 0.6 is 11.6 Å². The minimum atomic E-state index is -0.494. The Morgan fingerprint density at radius 1 is 1.16 bits per heavy atom. The number of benzene rings is 2. The van der Waals surface area contributed by atoms with E-state index in [4.69, 9.17) is 25.9 Å². The summed E-state index contributed by atoms with van der Waals surface area (Å²) in [6.45, 7) is 1.87. The highest BCUT2D eigenvalue weighted by atomic mass is 35.5. The fourth-order valence-corrected chi connectivity index (χ4v) is 3.76. The minimum Gasteiger partial charge on any atom is -0.459 e. The van der Waals surface area contributed by atoms with Crippen LogP contribution in [0.5, 0.6) is 0 Å². The van der Waals surface area contributed by atoms with E-state index in [0.29, 0.717) is 59.8 Å². The third kappa shape index (κ3) is 4.59. The molecule has 166 valence electrons. The SMILES string of the molecule is O=C(Nc1ccc(-c2ccc(CO)o2)c(Cl)c1)c1ccc(N2CCOCC2)c([N+](=O)[O-])c1. The zero-order valence-electron chi connectivity index (χ0n) is 16.9. The Morgan fingerprint density at radius 3 is 2.59 bits per heavy atom. The van der Waals surface area contributed by atoms with Gasteiger partial charge in [0.15, 0.2) is 0 Å². The molecule has 0 aliphatic carbocycles. The van der Waals surface area contributed by atoms with Gasteiger partial charge in [-0.2, -0.15) is 0 Å². The maximum atomic E-state index is 12.7. The van der Waals surface area contributed by atoms with Crippen LogP contribution in [0.3, 0.4) is 0 Å². The third-order valence-electron chi connectivity index (χ3n) is 5.10. The summed E-state index contributed by atoms with van der Waals surface area (Å²) < 4.78 is 10.8. The second-order valence-electron chi connectivity index (χ2n) is 7.13. The zero-order valence-corrected chi connectivity index (χ0v) is 17.7. The van der Waals surface area contributed by atoms with E-state index >= 15 is 0 Å². The lowest BCUT2D eigenvalue weighted by atomic mass is 10.1. The van der Waals surface area contributed by atoms with E-state index in [1.165, 1.54) is 6.07 Å². The van der Waals surface area contributed by atoms with E-state index < -0.39 is 10.8 Å². The lowest BCUT2D eigenvalue weighted by molar-refractivity contribution is -0.384. The molecule has 1 saturated heterocycles. The maximum Gasteiger partial charge on any atom is 0.293 e. The second-order valence-corrected chi connectivity index (χ2v) is 7.54. The van der Waals surface area contributed by atoms with Crippen LogP contribution in [0.2, 0.25) is 5.02 Å². The monoisotopic (exact) mass is 457 g/mol. The van der Waals surface area contributed by atoms with Crippen molar-refractivity contribution in [3.8, 4) is 11.3 Å². The molecule has 9 nitrogen and oxygen atoms in total. The number of furan rings is 1. The van der Waals surface area contributed by atoms with E-state index in [2.05, 4.69) is 5.32 Å². The van der Waals surface area contributed by atoms with E-state index in [1.54, 1.807) is 42.5 Å². The molecule has 0 saturated carbocycles. The lowest BCUT2D eigenvalue weighted by Gasteiger charge is -2.28. The molecule has 1 aliphatic heterocycles. The number of amides is 1. The van der Waals surface area contributed by atoms with Gasteiger partial charge in [-0.05, 0) is 42.5 Å². The zero-order chi connectivity index (χ0) is 22.7. The van der Waals surface area contributed by atoms with Crippen LogP contribution in [-0.2, 0) is 11.3 Å². The Kier molecular flexibility index (Phi) is 6.40. The number of aliphatic hydroxyl groups excluding tert-OH is 1. The summed E-state index contributed by atoms with van der Waals surface area (Å²) in [6.07, 6.45) is 0. The molecule has 0 radical (unpaired) electrons. The van der Waals surface area contributed by atoms with Gasteiger partial charge in [-0.15, -0.1) is 0 Å². The van der Waals surface area contributed by atoms with Crippen molar-refractivity contribution in [2.45, 2.75) is 6.61 Å². The normalized spacial score (nSPS) is 13.8. The molecule has 1 amide bonds. The van der Waals surface area contributed by atoms with Gasteiger partial charge < -0.3 is 24.5 Å². The third-order valence-corrected chi connectivity index (χ3v) is 5.41. The summed E-state index contributed by atoms with van der Waals surface area (Å²) in [7, 11) is 0. The number of hydrogen-bond donors (Lipinski definition) is 2. The number of carbonyl (C=O) groups is 1. The Morgan fingerprint density at radius 2 is 1.94 bits per heavy atom. The summed E-state index contributed by atoms with van der Waals surface area (Å²) >= 11 is 6.34. The van der Waals surface area contributed by atoms with Crippen molar-refractivity contribution < 1.29 is 24.0 Å². The Hall–Kier alpha value is -3.40. The molecule has 3 aromatic rings. The van der Waals surface area contributed by atoms with Crippen LogP contribution in [-0.4, -0.2) is 42.2 Å². The Labute approximate surface area is 188 Å². The molecule has 1 aromatic heterocycles. The number of nitro benzene ring substituents is 1. The van der Waals surface area contributed by atoms with Gasteiger partial charge in [-0.1, -0.05) is 11.6 Å². The van der Waals surface area contributed by atoms with Gasteiger partial charge in [-0.3, -0.25) is 14.9 Å². The molecular weight excluding hydrogens is 438 g/mol. The average Bonchev–Trinajstić information content (AvgIpc) is 3.28. The fraction of sp³-hybridized carbons (Fsp3) is 0.227. The number of morpholine rings is 1. The highest BCUT2D eigenvalue weighted by Crippen LogP contribution is 2.33. The first-order valence-electron chi connectivity index (χ1n) is 9.88. The fourth-order valence-electron chi connectivity index (χ4n) is 3.49. The number of nitrogens with zero attached hydrogens (tertiary/aromatic N) is 2. The second kappa shape index (κ2) is 9.39. The Bertz CT molecular complexity index is 1160. The molecule has 2 heterocycles. The molecule has 2 N–H and O–H groups in total. The predicted octanol–water partition coefficient (Wildman–Crippen LogP) is 4.09. The molecule has 32 heavy (non-hydrogen) atoms. The number of nitrogens with one attached hydrogen (secondary N) is 1. The number of aliphatic hydroxyl groups is 1. The number of rotatable bonds is 6. The number of carbonyl (C=O) groups excluding carboxylic acids is 1. The van der Waals surface area contributed by atoms with Crippen molar-refractivity contribution in [1.82, 2.24) is 0 Å². The molecule has 0 bridgehead atoms. The van der Waals surface area contributed by atoms with Crippen LogP contribution in [0, 0.1) is 10.1 Å². The molecule has 1 fully saturated rings. The molecule has 10 heteroatoms. The number of halogens is 1.